The molecule has 0 saturated carbocycles. The van der Waals surface area contributed by atoms with E-state index < -0.39 is 11.9 Å². The van der Waals surface area contributed by atoms with Crippen LogP contribution in [0.2, 0.25) is 0 Å². The van der Waals surface area contributed by atoms with Gasteiger partial charge in [-0.25, -0.2) is 9.59 Å². The van der Waals surface area contributed by atoms with Crippen LogP contribution in [0.4, 0.5) is 0 Å². The Morgan fingerprint density at radius 1 is 0.493 bits per heavy atom. The zero-order chi connectivity index (χ0) is 51.5. The van der Waals surface area contributed by atoms with Gasteiger partial charge in [0.15, 0.2) is 46.0 Å². The molecule has 71 heavy (non-hydrogen) atoms. The summed E-state index contributed by atoms with van der Waals surface area (Å²) in [5.74, 6) is 4.95. The lowest BCUT2D eigenvalue weighted by Crippen LogP contribution is -2.52. The van der Waals surface area contributed by atoms with Crippen molar-refractivity contribution in [3.63, 3.8) is 0 Å². The number of hydrogen-bond donors (Lipinski definition) is 0. The third-order valence-electron chi connectivity index (χ3n) is 14.0. The maximum absolute atomic E-state index is 13.0. The van der Waals surface area contributed by atoms with Crippen molar-refractivity contribution in [2.45, 2.75) is 44.2 Å². The fraction of sp³-hybridized carbons (Fsp3) is 0.481. The van der Waals surface area contributed by atoms with Crippen molar-refractivity contribution in [3.05, 3.63) is 88.0 Å². The van der Waals surface area contributed by atoms with Crippen LogP contribution in [0.5, 0.6) is 63.2 Å². The summed E-state index contributed by atoms with van der Waals surface area (Å²) in [6, 6.07) is 13.6. The third kappa shape index (κ3) is 11.3. The van der Waals surface area contributed by atoms with Crippen LogP contribution >= 0.6 is 0 Å². The number of nitrogens with zero attached hydrogens (tertiary/aromatic N) is 2. The molecule has 17 heteroatoms. The molecule has 0 amide bonds. The van der Waals surface area contributed by atoms with Gasteiger partial charge in [-0.2, -0.15) is 0 Å². The number of fused-ring (bicyclic) bond motifs is 2. The van der Waals surface area contributed by atoms with Crippen LogP contribution in [-0.4, -0.2) is 153 Å². The van der Waals surface area contributed by atoms with Gasteiger partial charge in [0.25, 0.3) is 0 Å². The Bertz CT molecular complexity index is 2520. The van der Waals surface area contributed by atoms with E-state index in [0.717, 1.165) is 71.5 Å². The van der Waals surface area contributed by atoms with E-state index in [1.165, 1.54) is 0 Å². The van der Waals surface area contributed by atoms with Crippen molar-refractivity contribution in [1.82, 2.24) is 0 Å². The first-order valence-corrected chi connectivity index (χ1v) is 23.6. The van der Waals surface area contributed by atoms with E-state index in [4.69, 9.17) is 61.6 Å². The fourth-order valence-electron chi connectivity index (χ4n) is 10.5. The van der Waals surface area contributed by atoms with Crippen LogP contribution in [0, 0.1) is 0 Å². The quantitative estimate of drug-likeness (QED) is 0.0299. The van der Waals surface area contributed by atoms with Gasteiger partial charge in [-0.3, -0.25) is 0 Å². The Morgan fingerprint density at radius 3 is 1.41 bits per heavy atom. The Labute approximate surface area is 418 Å². The normalized spacial score (nSPS) is 19.1. The Balaban J connectivity index is 1.11. The van der Waals surface area contributed by atoms with Crippen LogP contribution in [-0.2, 0) is 38.3 Å². The summed E-state index contributed by atoms with van der Waals surface area (Å²) in [7, 11) is 22.1. The summed E-state index contributed by atoms with van der Waals surface area (Å²) in [6.07, 6.45) is 5.46. The van der Waals surface area contributed by atoms with E-state index >= 15 is 0 Å². The summed E-state index contributed by atoms with van der Waals surface area (Å²) in [6.45, 7) is 3.14. The first-order valence-electron chi connectivity index (χ1n) is 23.6. The molecule has 0 bridgehead atoms. The van der Waals surface area contributed by atoms with Crippen molar-refractivity contribution in [2.75, 3.05) is 132 Å². The lowest BCUT2D eigenvalue weighted by Gasteiger charge is -2.46. The molecule has 0 radical (unpaired) electrons. The largest absolute Gasteiger partial charge is 0.493 e. The highest BCUT2D eigenvalue weighted by Gasteiger charge is 2.45. The maximum Gasteiger partial charge on any atom is 0.331 e. The molecule has 6 rings (SSSR count). The average molecular weight is 989 g/mol. The second-order valence-electron chi connectivity index (χ2n) is 17.9. The predicted octanol–water partition coefficient (Wildman–Crippen LogP) is 7.28. The summed E-state index contributed by atoms with van der Waals surface area (Å²) < 4.78 is 76.1. The van der Waals surface area contributed by atoms with Gasteiger partial charge in [0.05, 0.1) is 143 Å². The molecule has 17 nitrogen and oxygen atoms in total. The van der Waals surface area contributed by atoms with Gasteiger partial charge in [0, 0.05) is 49.8 Å². The average Bonchev–Trinajstić information content (AvgIpc) is 3.39. The number of ether oxygens (including phenoxy) is 13. The van der Waals surface area contributed by atoms with E-state index in [1.54, 1.807) is 78.2 Å². The van der Waals surface area contributed by atoms with Crippen molar-refractivity contribution < 1.29 is 80.1 Å². The molecule has 0 aliphatic carbocycles. The Morgan fingerprint density at radius 2 is 0.930 bits per heavy atom. The second-order valence-corrected chi connectivity index (χ2v) is 17.9. The van der Waals surface area contributed by atoms with E-state index in [2.05, 4.69) is 14.1 Å². The van der Waals surface area contributed by atoms with Crippen molar-refractivity contribution in [2.24, 2.45) is 0 Å². The third-order valence-corrected chi connectivity index (χ3v) is 14.0. The highest BCUT2D eigenvalue weighted by Crippen LogP contribution is 2.54. The van der Waals surface area contributed by atoms with Crippen LogP contribution in [0.15, 0.2) is 54.6 Å². The number of hydrogen-bond acceptors (Lipinski definition) is 15. The highest BCUT2D eigenvalue weighted by molar-refractivity contribution is 5.91. The van der Waals surface area contributed by atoms with E-state index in [9.17, 15) is 9.59 Å². The van der Waals surface area contributed by atoms with E-state index in [-0.39, 0.29) is 25.3 Å². The topological polar surface area (TPSA) is 154 Å². The maximum atomic E-state index is 13.0. The van der Waals surface area contributed by atoms with Crippen molar-refractivity contribution in [3.8, 4) is 63.2 Å². The minimum atomic E-state index is -0.641. The van der Waals surface area contributed by atoms with Crippen LogP contribution in [0.1, 0.15) is 58.3 Å². The predicted molar refractivity (Wildman–Crippen MR) is 266 cm³/mol. The molecule has 0 N–H and O–H groups in total. The first kappa shape index (κ1) is 53.6. The zero-order valence-electron chi connectivity index (χ0n) is 43.6. The summed E-state index contributed by atoms with van der Waals surface area (Å²) in [4.78, 5) is 25.9. The zero-order valence-corrected chi connectivity index (χ0v) is 43.6. The molecular formula is C54H72N2O15+2. The summed E-state index contributed by atoms with van der Waals surface area (Å²) >= 11 is 0. The molecule has 4 atom stereocenters. The molecule has 4 aromatic carbocycles. The van der Waals surface area contributed by atoms with Crippen molar-refractivity contribution in [1.29, 1.82) is 0 Å². The molecule has 386 valence electrons. The summed E-state index contributed by atoms with van der Waals surface area (Å²) in [5, 5.41) is 0. The number of carbonyl (C=O) groups excluding carboxylic acids is 2. The number of methoxy groups -OCH3 is 11. The molecule has 0 aromatic heterocycles. The van der Waals surface area contributed by atoms with Gasteiger partial charge in [0.1, 0.15) is 12.1 Å². The molecule has 2 heterocycles. The van der Waals surface area contributed by atoms with Crippen LogP contribution in [0.3, 0.4) is 0 Å². The van der Waals surface area contributed by atoms with Gasteiger partial charge in [-0.1, -0.05) is 6.07 Å². The number of likely N-dealkylation sites (N-methyl/N-ethyl adjacent to an activating group) is 2. The number of esters is 2. The highest BCUT2D eigenvalue weighted by atomic mass is 16.6. The molecule has 0 fully saturated rings. The smallest absolute Gasteiger partial charge is 0.331 e. The lowest BCUT2D eigenvalue weighted by molar-refractivity contribution is -0.941. The fourth-order valence-corrected chi connectivity index (χ4v) is 10.5. The van der Waals surface area contributed by atoms with Crippen molar-refractivity contribution >= 4 is 11.9 Å². The number of quaternary nitrogens is 2. The van der Waals surface area contributed by atoms with Crippen LogP contribution < -0.4 is 52.1 Å². The second kappa shape index (κ2) is 23.9. The van der Waals surface area contributed by atoms with Gasteiger partial charge >= 0.3 is 11.9 Å². The van der Waals surface area contributed by atoms with Gasteiger partial charge in [-0.05, 0) is 53.1 Å². The van der Waals surface area contributed by atoms with Gasteiger partial charge in [-0.15, -0.1) is 0 Å². The molecule has 0 spiro atoms. The standard InChI is InChI=1S/C54H72N2O15/c1-55(24-20-35-30-43(63-7)51(66-10)53(68-12)47(35)38(55)28-34-16-17-39(59-3)40(29-34)60-4)22-14-26-70-45(57)18-19-46(58)71-27-15-23-56(2)25-21-36-31-44(64-8)52(67-11)54(69-13)48(36)49(56)37-32-41(61-5)50(65-9)42(33-37)62-6/h16-19,29-33,38,49H,14-15,20-28H2,1-13H3/q+2/b19-18+. The molecule has 2 aliphatic rings. The van der Waals surface area contributed by atoms with E-state index in [1.807, 2.05) is 42.5 Å². The number of carbonyl (C=O) groups is 2. The first-order chi connectivity index (χ1) is 34.2. The molecular weight excluding hydrogens is 917 g/mol. The SMILES string of the molecule is COc1ccc(CC2c3c(cc(OC)c(OC)c3OC)CC[N+]2(C)CCCOC(=O)/C=C/C(=O)OCCC[N+]2(C)CCc3cc(OC)c(OC)c(OC)c3C2c2cc(OC)c(OC)c(OC)c2)cc1OC. The van der Waals surface area contributed by atoms with E-state index in [0.29, 0.717) is 105 Å². The molecule has 4 aromatic rings. The van der Waals surface area contributed by atoms with Gasteiger partial charge < -0.3 is 70.5 Å². The number of rotatable bonds is 24. The number of benzene rings is 4. The molecule has 4 unspecified atom stereocenters. The monoisotopic (exact) mass is 988 g/mol. The minimum absolute atomic E-state index is 0.0666. The minimum Gasteiger partial charge on any atom is -0.493 e. The van der Waals surface area contributed by atoms with Crippen LogP contribution in [0.25, 0.3) is 0 Å². The molecule has 2 aliphatic heterocycles. The summed E-state index contributed by atoms with van der Waals surface area (Å²) in [5.41, 5.74) is 6.13. The van der Waals surface area contributed by atoms with Gasteiger partial charge in [0.2, 0.25) is 17.2 Å². The Hall–Kier alpha value is -6.72. The lowest BCUT2D eigenvalue weighted by atomic mass is 9.84. The molecule has 0 saturated heterocycles. The Kier molecular flexibility index (Phi) is 18.1.